The lowest BCUT2D eigenvalue weighted by Crippen LogP contribution is -2.61. The average molecular weight is 779 g/mol. The number of fused-ring (bicyclic) bond motifs is 8. The Balaban J connectivity index is 1.18. The first-order valence-corrected chi connectivity index (χ1v) is 22.5. The lowest BCUT2D eigenvalue weighted by atomic mass is 9.56. The van der Waals surface area contributed by atoms with Crippen molar-refractivity contribution in [2.24, 2.45) is 41.4 Å². The zero-order valence-corrected chi connectivity index (χ0v) is 35.0. The Labute approximate surface area is 351 Å². The monoisotopic (exact) mass is 778 g/mol. The van der Waals surface area contributed by atoms with Gasteiger partial charge in [0.05, 0.1) is 11.4 Å². The molecular weight excluding hydrogens is 721 g/mol. The molecule has 5 heteroatoms. The molecule has 2 spiro atoms. The molecule has 0 saturated heterocycles. The van der Waals surface area contributed by atoms with E-state index in [-0.39, 0.29) is 5.60 Å². The summed E-state index contributed by atoms with van der Waals surface area (Å²) in [5.74, 6) is 5.98. The van der Waals surface area contributed by atoms with E-state index in [9.17, 15) is 0 Å². The van der Waals surface area contributed by atoms with Crippen molar-refractivity contribution in [1.29, 1.82) is 0 Å². The van der Waals surface area contributed by atoms with Crippen LogP contribution in [-0.2, 0) is 10.3 Å². The minimum Gasteiger partial charge on any atom is -0.356 e. The van der Waals surface area contributed by atoms with Crippen molar-refractivity contribution < 1.29 is 4.74 Å². The molecule has 0 radical (unpaired) electrons. The fourth-order valence-corrected chi connectivity index (χ4v) is 12.8. The molecule has 4 fully saturated rings. The molecule has 9 unspecified atom stereocenters. The third kappa shape index (κ3) is 6.43. The second-order valence-corrected chi connectivity index (χ2v) is 18.5. The lowest BCUT2D eigenvalue weighted by molar-refractivity contribution is -0.260. The van der Waals surface area contributed by atoms with E-state index in [1.807, 2.05) is 42.5 Å². The molecule has 0 amide bonds. The van der Waals surface area contributed by atoms with E-state index in [4.69, 9.17) is 19.7 Å². The van der Waals surface area contributed by atoms with Crippen molar-refractivity contribution in [2.75, 3.05) is 4.90 Å². The molecule has 4 aliphatic carbocycles. The minimum absolute atomic E-state index is 0.352. The Morgan fingerprint density at radius 2 is 1.27 bits per heavy atom. The Bertz CT molecular complexity index is 2310. The van der Waals surface area contributed by atoms with E-state index in [0.717, 1.165) is 40.6 Å². The molecule has 1 aliphatic heterocycles. The summed E-state index contributed by atoms with van der Waals surface area (Å²) in [5.41, 5.74) is 7.10. The van der Waals surface area contributed by atoms with Gasteiger partial charge in [0.15, 0.2) is 17.5 Å². The molecule has 5 aromatic rings. The molecule has 59 heavy (non-hydrogen) atoms. The van der Waals surface area contributed by atoms with Crippen LogP contribution in [0.2, 0.25) is 0 Å². The topological polar surface area (TPSA) is 51.1 Å². The molecule has 5 aliphatic rings. The van der Waals surface area contributed by atoms with Crippen molar-refractivity contribution in [1.82, 2.24) is 15.0 Å². The molecular formula is C54H58N4O. The first-order valence-electron chi connectivity index (χ1n) is 22.5. The summed E-state index contributed by atoms with van der Waals surface area (Å²) < 4.78 is 8.58. The molecule has 10 rings (SSSR count). The third-order valence-corrected chi connectivity index (χ3v) is 15.1. The van der Waals surface area contributed by atoms with Gasteiger partial charge in [-0.25, -0.2) is 15.0 Å². The zero-order chi connectivity index (χ0) is 40.1. The van der Waals surface area contributed by atoms with Crippen LogP contribution >= 0.6 is 0 Å². The number of hydrogen-bond donors (Lipinski definition) is 0. The standard InChI is InChI=1S/C54H58N4O/c1-5-7-10-23-49-53(37(4)32-39-30-36(3)31-45(53)35-39)59-54(43(6-2)33-38-24-27-44(54)34-38)47-21-15-16-22-48(47)58(49)46-28-25-42(26-29-46)52-56-50(40-17-11-8-12-18-40)55-51(57-52)41-19-13-9-14-20-41/h5,7-23,25-26,28-29,36-39,43-45H,1,6,24,27,30-35H2,2-4H3/b10-7-,49-23+. The fourth-order valence-electron chi connectivity index (χ4n) is 12.8. The summed E-state index contributed by atoms with van der Waals surface area (Å²) in [6.07, 6.45) is 19.8. The van der Waals surface area contributed by atoms with Crippen LogP contribution in [-0.4, -0.2) is 20.6 Å². The van der Waals surface area contributed by atoms with Crippen molar-refractivity contribution >= 4 is 11.4 Å². The van der Waals surface area contributed by atoms with Gasteiger partial charge in [0.25, 0.3) is 0 Å². The normalized spacial score (nSPS) is 31.7. The molecule has 1 aromatic heterocycles. The molecule has 4 aromatic carbocycles. The maximum absolute atomic E-state index is 8.58. The van der Waals surface area contributed by atoms with Crippen LogP contribution in [0.5, 0.6) is 0 Å². The Kier molecular flexibility index (Phi) is 9.99. The summed E-state index contributed by atoms with van der Waals surface area (Å²) in [5, 5.41) is 0. The van der Waals surface area contributed by atoms with Crippen LogP contribution in [0.3, 0.4) is 0 Å². The van der Waals surface area contributed by atoms with E-state index in [1.165, 1.54) is 68.3 Å². The predicted octanol–water partition coefficient (Wildman–Crippen LogP) is 13.5. The Hall–Kier alpha value is -5.13. The number of benzene rings is 4. The number of para-hydroxylation sites is 1. The average Bonchev–Trinajstić information content (AvgIpc) is 3.65. The van der Waals surface area contributed by atoms with Gasteiger partial charge in [0.1, 0.15) is 11.2 Å². The predicted molar refractivity (Wildman–Crippen MR) is 241 cm³/mol. The maximum Gasteiger partial charge on any atom is 0.164 e. The smallest absolute Gasteiger partial charge is 0.164 e. The summed E-state index contributed by atoms with van der Waals surface area (Å²) in [6.45, 7) is 11.5. The number of hydrogen-bond acceptors (Lipinski definition) is 5. The van der Waals surface area contributed by atoms with Crippen molar-refractivity contribution in [3.8, 4) is 34.2 Å². The Morgan fingerprint density at radius 3 is 1.93 bits per heavy atom. The van der Waals surface area contributed by atoms with Gasteiger partial charge in [-0.3, -0.25) is 0 Å². The van der Waals surface area contributed by atoms with Gasteiger partial charge < -0.3 is 9.64 Å². The van der Waals surface area contributed by atoms with Gasteiger partial charge in [0, 0.05) is 27.9 Å². The summed E-state index contributed by atoms with van der Waals surface area (Å²) >= 11 is 0. The molecule has 2 heterocycles. The molecule has 5 nitrogen and oxygen atoms in total. The Morgan fingerprint density at radius 1 is 0.644 bits per heavy atom. The maximum atomic E-state index is 8.58. The van der Waals surface area contributed by atoms with Gasteiger partial charge >= 0.3 is 0 Å². The van der Waals surface area contributed by atoms with E-state index >= 15 is 0 Å². The van der Waals surface area contributed by atoms with E-state index < -0.39 is 5.60 Å². The van der Waals surface area contributed by atoms with Crippen LogP contribution < -0.4 is 4.90 Å². The molecule has 4 bridgehead atoms. The quantitative estimate of drug-likeness (QED) is 0.154. The van der Waals surface area contributed by atoms with Gasteiger partial charge in [-0.05, 0) is 123 Å². The van der Waals surface area contributed by atoms with Crippen LogP contribution in [0.1, 0.15) is 84.1 Å². The van der Waals surface area contributed by atoms with Gasteiger partial charge in [0.2, 0.25) is 0 Å². The number of allylic oxidation sites excluding steroid dienone is 4. The van der Waals surface area contributed by atoms with Gasteiger partial charge in [-0.1, -0.05) is 137 Å². The highest BCUT2D eigenvalue weighted by Gasteiger charge is 2.65. The number of anilines is 2. The molecule has 4 saturated carbocycles. The van der Waals surface area contributed by atoms with Gasteiger partial charge in [-0.15, -0.1) is 0 Å². The SMILES string of the molecule is C=C/C=C\C=C1\N(c2ccc(-c3nc(-c4ccccc4)nc(-c4ccccc4)n3)cc2)c2ccccc2C2(OC13C(C)CC1CC(C)CC3C1)C(CC)CC1CCC2C1. The van der Waals surface area contributed by atoms with Crippen molar-refractivity contribution in [2.45, 2.75) is 89.8 Å². The second kappa shape index (κ2) is 15.5. The zero-order valence-electron chi connectivity index (χ0n) is 35.0. The number of ether oxygens (including phenoxy) is 1. The highest BCUT2D eigenvalue weighted by atomic mass is 16.5. The molecule has 9 atom stereocenters. The van der Waals surface area contributed by atoms with E-state index in [2.05, 4.69) is 123 Å². The van der Waals surface area contributed by atoms with E-state index in [0.29, 0.717) is 47.1 Å². The van der Waals surface area contributed by atoms with E-state index in [1.54, 1.807) is 0 Å². The number of aromatic nitrogens is 3. The lowest BCUT2D eigenvalue weighted by Gasteiger charge is -2.60. The first kappa shape index (κ1) is 38.1. The summed E-state index contributed by atoms with van der Waals surface area (Å²) in [6, 6.07) is 38.8. The third-order valence-electron chi connectivity index (χ3n) is 15.1. The van der Waals surface area contributed by atoms with Crippen LogP contribution in [0.4, 0.5) is 11.4 Å². The van der Waals surface area contributed by atoms with Gasteiger partial charge in [-0.2, -0.15) is 0 Å². The highest BCUT2D eigenvalue weighted by Crippen LogP contribution is 2.67. The summed E-state index contributed by atoms with van der Waals surface area (Å²) in [7, 11) is 0. The fraction of sp³-hybridized carbons (Fsp3) is 0.389. The first-order chi connectivity index (χ1) is 28.9. The second-order valence-electron chi connectivity index (χ2n) is 18.5. The van der Waals surface area contributed by atoms with Crippen molar-refractivity contribution in [3.63, 3.8) is 0 Å². The summed E-state index contributed by atoms with van der Waals surface area (Å²) in [4.78, 5) is 17.8. The van der Waals surface area contributed by atoms with Crippen LogP contribution in [0.15, 0.2) is 146 Å². The highest BCUT2D eigenvalue weighted by molar-refractivity contribution is 5.77. The number of rotatable bonds is 7. The van der Waals surface area contributed by atoms with Crippen LogP contribution in [0.25, 0.3) is 34.2 Å². The molecule has 0 N–H and O–H groups in total. The minimum atomic E-state index is -0.472. The van der Waals surface area contributed by atoms with Crippen molar-refractivity contribution in [3.05, 3.63) is 151 Å². The van der Waals surface area contributed by atoms with Crippen LogP contribution in [0, 0.1) is 41.4 Å². The molecule has 300 valence electrons. The number of nitrogens with zero attached hydrogens (tertiary/aromatic N) is 4. The largest absolute Gasteiger partial charge is 0.356 e.